The number of halogens is 2. The fourth-order valence-electron chi connectivity index (χ4n) is 3.01. The van der Waals surface area contributed by atoms with Gasteiger partial charge in [0.05, 0.1) is 0 Å². The molecule has 1 aromatic carbocycles. The molecule has 1 aromatic heterocycles. The van der Waals surface area contributed by atoms with Crippen LogP contribution in [-0.4, -0.2) is 10.9 Å². The lowest BCUT2D eigenvalue weighted by Crippen LogP contribution is -2.12. The van der Waals surface area contributed by atoms with E-state index in [9.17, 15) is 4.79 Å². The van der Waals surface area contributed by atoms with Crippen LogP contribution in [0.4, 0.5) is 0 Å². The van der Waals surface area contributed by atoms with Crippen LogP contribution in [0.1, 0.15) is 41.9 Å². The van der Waals surface area contributed by atoms with E-state index in [0.717, 1.165) is 40.1 Å². The molecule has 0 atom stereocenters. The number of aromatic nitrogens is 1. The van der Waals surface area contributed by atoms with E-state index in [2.05, 4.69) is 45.0 Å². The Hall–Kier alpha value is -1.88. The first-order valence-electron chi connectivity index (χ1n) is 8.60. The Morgan fingerprint density at radius 3 is 2.22 bits per heavy atom. The van der Waals surface area contributed by atoms with Gasteiger partial charge in [-0.3, -0.25) is 9.78 Å². The SMILES string of the molecule is Cc1ccc(-c2c(/C=C/C(N)=O)c(C)nc(CC(C)C)c2CN)cc1.Cl.Cl. The summed E-state index contributed by atoms with van der Waals surface area (Å²) < 4.78 is 0. The first-order valence-corrected chi connectivity index (χ1v) is 8.60. The van der Waals surface area contributed by atoms with Gasteiger partial charge in [-0.25, -0.2) is 0 Å². The van der Waals surface area contributed by atoms with Gasteiger partial charge in [0.25, 0.3) is 0 Å². The van der Waals surface area contributed by atoms with Crippen LogP contribution in [0.3, 0.4) is 0 Å². The fraction of sp³-hybridized carbons (Fsp3) is 0.333. The zero-order valence-electron chi connectivity index (χ0n) is 16.3. The Labute approximate surface area is 174 Å². The van der Waals surface area contributed by atoms with E-state index in [1.54, 1.807) is 6.08 Å². The molecule has 148 valence electrons. The third-order valence-corrected chi connectivity index (χ3v) is 4.17. The number of aryl methyl sites for hydroxylation is 2. The van der Waals surface area contributed by atoms with Crippen LogP contribution in [0.5, 0.6) is 0 Å². The molecule has 0 bridgehead atoms. The van der Waals surface area contributed by atoms with E-state index in [1.165, 1.54) is 11.6 Å². The van der Waals surface area contributed by atoms with E-state index in [-0.39, 0.29) is 24.8 Å². The maximum atomic E-state index is 11.2. The predicted molar refractivity (Wildman–Crippen MR) is 118 cm³/mol. The molecule has 0 aliphatic rings. The molecule has 0 saturated carbocycles. The number of carbonyl (C=O) groups excluding carboxylic acids is 1. The molecule has 0 aliphatic heterocycles. The predicted octanol–water partition coefficient (Wildman–Crippen LogP) is 4.36. The van der Waals surface area contributed by atoms with Crippen LogP contribution in [0.25, 0.3) is 17.2 Å². The monoisotopic (exact) mass is 409 g/mol. The van der Waals surface area contributed by atoms with Crippen molar-refractivity contribution in [2.24, 2.45) is 17.4 Å². The summed E-state index contributed by atoms with van der Waals surface area (Å²) >= 11 is 0. The number of hydrogen-bond donors (Lipinski definition) is 2. The average molecular weight is 410 g/mol. The minimum atomic E-state index is -0.477. The van der Waals surface area contributed by atoms with Gasteiger partial charge in [-0.15, -0.1) is 24.8 Å². The summed E-state index contributed by atoms with van der Waals surface area (Å²) in [6.07, 6.45) is 3.99. The molecule has 2 rings (SSSR count). The van der Waals surface area contributed by atoms with Crippen molar-refractivity contribution < 1.29 is 4.79 Å². The van der Waals surface area contributed by atoms with Crippen LogP contribution >= 0.6 is 24.8 Å². The Morgan fingerprint density at radius 1 is 1.15 bits per heavy atom. The minimum absolute atomic E-state index is 0. The zero-order valence-corrected chi connectivity index (χ0v) is 17.9. The largest absolute Gasteiger partial charge is 0.366 e. The van der Waals surface area contributed by atoms with Gasteiger partial charge in [0.2, 0.25) is 5.91 Å². The van der Waals surface area contributed by atoms with Crippen molar-refractivity contribution in [3.63, 3.8) is 0 Å². The second-order valence-corrected chi connectivity index (χ2v) is 6.81. The van der Waals surface area contributed by atoms with Crippen LogP contribution in [0, 0.1) is 19.8 Å². The second-order valence-electron chi connectivity index (χ2n) is 6.81. The number of pyridine rings is 1. The van der Waals surface area contributed by atoms with Gasteiger partial charge in [0.1, 0.15) is 0 Å². The fourth-order valence-corrected chi connectivity index (χ4v) is 3.01. The number of carbonyl (C=O) groups is 1. The summed E-state index contributed by atoms with van der Waals surface area (Å²) in [5.74, 6) is 0.00453. The van der Waals surface area contributed by atoms with Gasteiger partial charge in [0.15, 0.2) is 0 Å². The number of primary amides is 1. The standard InChI is InChI=1S/C21H27N3O.2ClH/c1-13(2)11-19-18(12-22)21(16-7-5-14(3)6-8-16)17(15(4)24-19)9-10-20(23)25;;/h5-10,13H,11-12,22H2,1-4H3,(H2,23,25);2*1H/b10-9+;;. The van der Waals surface area contributed by atoms with E-state index >= 15 is 0 Å². The van der Waals surface area contributed by atoms with E-state index in [4.69, 9.17) is 16.5 Å². The lowest BCUT2D eigenvalue weighted by atomic mass is 9.89. The molecule has 4 N–H and O–H groups in total. The van der Waals surface area contributed by atoms with E-state index in [1.807, 2.05) is 6.92 Å². The molecule has 0 unspecified atom stereocenters. The maximum absolute atomic E-state index is 11.2. The second kappa shape index (κ2) is 11.1. The number of nitrogens with two attached hydrogens (primary N) is 2. The minimum Gasteiger partial charge on any atom is -0.366 e. The highest BCUT2D eigenvalue weighted by Crippen LogP contribution is 2.33. The van der Waals surface area contributed by atoms with Crippen molar-refractivity contribution in [3.05, 3.63) is 58.4 Å². The Kier molecular flexibility index (Phi) is 10.3. The highest BCUT2D eigenvalue weighted by Gasteiger charge is 2.18. The molecule has 4 nitrogen and oxygen atoms in total. The third-order valence-electron chi connectivity index (χ3n) is 4.17. The van der Waals surface area contributed by atoms with Crippen LogP contribution in [0.2, 0.25) is 0 Å². The molecular weight excluding hydrogens is 381 g/mol. The van der Waals surface area contributed by atoms with Crippen LogP contribution in [-0.2, 0) is 17.8 Å². The van der Waals surface area contributed by atoms with Crippen molar-refractivity contribution in [1.82, 2.24) is 4.98 Å². The van der Waals surface area contributed by atoms with E-state index in [0.29, 0.717) is 12.5 Å². The van der Waals surface area contributed by atoms with Gasteiger partial charge in [0, 0.05) is 29.6 Å². The Balaban J connectivity index is 0.00000338. The van der Waals surface area contributed by atoms with Crippen molar-refractivity contribution in [1.29, 1.82) is 0 Å². The molecule has 0 aliphatic carbocycles. The quantitative estimate of drug-likeness (QED) is 0.694. The molecule has 0 saturated heterocycles. The summed E-state index contributed by atoms with van der Waals surface area (Å²) in [6.45, 7) is 8.76. The first kappa shape index (κ1) is 25.1. The highest BCUT2D eigenvalue weighted by atomic mass is 35.5. The van der Waals surface area contributed by atoms with Gasteiger partial charge in [-0.05, 0) is 49.0 Å². The molecular formula is C21H29Cl2N3O. The number of amides is 1. The smallest absolute Gasteiger partial charge is 0.241 e. The van der Waals surface area contributed by atoms with Gasteiger partial charge in [-0.2, -0.15) is 0 Å². The molecule has 1 amide bonds. The van der Waals surface area contributed by atoms with Crippen LogP contribution in [0.15, 0.2) is 30.3 Å². The number of rotatable bonds is 6. The number of benzene rings is 1. The summed E-state index contributed by atoms with van der Waals surface area (Å²) in [5, 5.41) is 0. The maximum Gasteiger partial charge on any atom is 0.241 e. The van der Waals surface area contributed by atoms with E-state index < -0.39 is 5.91 Å². The van der Waals surface area contributed by atoms with Gasteiger partial charge < -0.3 is 11.5 Å². The molecule has 0 radical (unpaired) electrons. The van der Waals surface area contributed by atoms with Crippen LogP contribution < -0.4 is 11.5 Å². The molecule has 1 heterocycles. The lowest BCUT2D eigenvalue weighted by molar-refractivity contribution is -0.113. The Bertz CT molecular complexity index is 800. The normalized spacial score (nSPS) is 10.6. The van der Waals surface area contributed by atoms with Crippen molar-refractivity contribution in [3.8, 4) is 11.1 Å². The molecule has 6 heteroatoms. The lowest BCUT2D eigenvalue weighted by Gasteiger charge is -2.19. The molecule has 0 spiro atoms. The highest BCUT2D eigenvalue weighted by molar-refractivity contribution is 5.92. The summed E-state index contributed by atoms with van der Waals surface area (Å²) in [4.78, 5) is 16.0. The number of nitrogens with zero attached hydrogens (tertiary/aromatic N) is 1. The molecule has 0 fully saturated rings. The van der Waals surface area contributed by atoms with Gasteiger partial charge in [-0.1, -0.05) is 43.7 Å². The topological polar surface area (TPSA) is 82.0 Å². The average Bonchev–Trinajstić information content (AvgIpc) is 2.53. The third kappa shape index (κ3) is 6.35. The molecule has 27 heavy (non-hydrogen) atoms. The summed E-state index contributed by atoms with van der Waals surface area (Å²) in [5.41, 5.74) is 18.6. The summed E-state index contributed by atoms with van der Waals surface area (Å²) in [7, 11) is 0. The summed E-state index contributed by atoms with van der Waals surface area (Å²) in [6, 6.07) is 8.33. The first-order chi connectivity index (χ1) is 11.8. The van der Waals surface area contributed by atoms with Gasteiger partial charge >= 0.3 is 0 Å². The number of hydrogen-bond acceptors (Lipinski definition) is 3. The zero-order chi connectivity index (χ0) is 18.6. The van der Waals surface area contributed by atoms with Crippen molar-refractivity contribution in [2.45, 2.75) is 40.7 Å². The Morgan fingerprint density at radius 2 is 1.74 bits per heavy atom. The van der Waals surface area contributed by atoms with Crippen molar-refractivity contribution in [2.75, 3.05) is 0 Å². The molecule has 2 aromatic rings. The van der Waals surface area contributed by atoms with Crippen molar-refractivity contribution >= 4 is 36.8 Å².